The van der Waals surface area contributed by atoms with Gasteiger partial charge in [0.1, 0.15) is 12.4 Å². The predicted molar refractivity (Wildman–Crippen MR) is 31.4 cm³/mol. The molecule has 54 valence electrons. The summed E-state index contributed by atoms with van der Waals surface area (Å²) < 4.78 is 12.9. The summed E-state index contributed by atoms with van der Waals surface area (Å²) in [5.74, 6) is 0. The SMILES string of the molecule is O=Cc1cn(CCF)nn1. The van der Waals surface area contributed by atoms with Crippen molar-refractivity contribution in [2.24, 2.45) is 0 Å². The highest BCUT2D eigenvalue weighted by Crippen LogP contribution is 1.87. The van der Waals surface area contributed by atoms with E-state index in [0.717, 1.165) is 0 Å². The lowest BCUT2D eigenvalue weighted by molar-refractivity contribution is 0.111. The van der Waals surface area contributed by atoms with Gasteiger partial charge in [0.15, 0.2) is 6.29 Å². The first-order valence-corrected chi connectivity index (χ1v) is 2.78. The van der Waals surface area contributed by atoms with Gasteiger partial charge in [0.2, 0.25) is 0 Å². The molecule has 0 fully saturated rings. The molecule has 1 aromatic rings. The van der Waals surface area contributed by atoms with Gasteiger partial charge in [0.25, 0.3) is 0 Å². The van der Waals surface area contributed by atoms with Crippen LogP contribution in [0.1, 0.15) is 10.5 Å². The lowest BCUT2D eigenvalue weighted by Gasteiger charge is -1.89. The van der Waals surface area contributed by atoms with Gasteiger partial charge in [-0.1, -0.05) is 5.21 Å². The molecular formula is C5H6FN3O. The molecule has 0 bridgehead atoms. The van der Waals surface area contributed by atoms with E-state index in [4.69, 9.17) is 0 Å². The zero-order valence-corrected chi connectivity index (χ0v) is 5.20. The van der Waals surface area contributed by atoms with E-state index < -0.39 is 6.67 Å². The van der Waals surface area contributed by atoms with E-state index in [-0.39, 0.29) is 12.2 Å². The number of rotatable bonds is 3. The number of carbonyl (C=O) groups excluding carboxylic acids is 1. The Balaban J connectivity index is 2.68. The number of alkyl halides is 1. The average molecular weight is 143 g/mol. The number of hydrogen-bond acceptors (Lipinski definition) is 3. The molecule has 0 saturated carbocycles. The van der Waals surface area contributed by atoms with E-state index >= 15 is 0 Å². The van der Waals surface area contributed by atoms with Crippen molar-refractivity contribution in [1.82, 2.24) is 15.0 Å². The molecule has 10 heavy (non-hydrogen) atoms. The molecule has 0 spiro atoms. The van der Waals surface area contributed by atoms with Crippen molar-refractivity contribution in [2.45, 2.75) is 6.54 Å². The van der Waals surface area contributed by atoms with Gasteiger partial charge in [-0.05, 0) is 0 Å². The van der Waals surface area contributed by atoms with Gasteiger partial charge in [0.05, 0.1) is 12.7 Å². The van der Waals surface area contributed by atoms with Gasteiger partial charge in [0, 0.05) is 0 Å². The second kappa shape index (κ2) is 3.05. The van der Waals surface area contributed by atoms with Crippen molar-refractivity contribution >= 4 is 6.29 Å². The van der Waals surface area contributed by atoms with Crippen molar-refractivity contribution < 1.29 is 9.18 Å². The van der Waals surface area contributed by atoms with Gasteiger partial charge < -0.3 is 0 Å². The van der Waals surface area contributed by atoms with Crippen molar-refractivity contribution in [3.8, 4) is 0 Å². The van der Waals surface area contributed by atoms with E-state index in [1.807, 2.05) is 0 Å². The molecule has 4 nitrogen and oxygen atoms in total. The third kappa shape index (κ3) is 1.37. The maximum atomic E-state index is 11.6. The molecule has 0 aliphatic carbocycles. The third-order valence-electron chi connectivity index (χ3n) is 0.991. The Morgan fingerprint density at radius 2 is 2.60 bits per heavy atom. The summed E-state index contributed by atoms with van der Waals surface area (Å²) in [5, 5.41) is 6.90. The molecule has 0 aromatic carbocycles. The van der Waals surface area contributed by atoms with Crippen LogP contribution in [0.5, 0.6) is 0 Å². The van der Waals surface area contributed by atoms with Crippen LogP contribution in [0.3, 0.4) is 0 Å². The van der Waals surface area contributed by atoms with Crippen molar-refractivity contribution in [2.75, 3.05) is 6.67 Å². The number of halogens is 1. The molecule has 0 aliphatic heterocycles. The number of aldehydes is 1. The normalized spacial score (nSPS) is 9.70. The zero-order chi connectivity index (χ0) is 7.40. The van der Waals surface area contributed by atoms with Crippen molar-refractivity contribution in [3.05, 3.63) is 11.9 Å². The fourth-order valence-corrected chi connectivity index (χ4v) is 0.563. The molecular weight excluding hydrogens is 137 g/mol. The van der Waals surface area contributed by atoms with Crippen LogP contribution in [0.2, 0.25) is 0 Å². The van der Waals surface area contributed by atoms with Crippen LogP contribution >= 0.6 is 0 Å². The second-order valence-corrected chi connectivity index (χ2v) is 1.71. The molecule has 0 atom stereocenters. The Morgan fingerprint density at radius 3 is 3.10 bits per heavy atom. The summed E-state index contributed by atoms with van der Waals surface area (Å²) >= 11 is 0. The molecule has 0 aliphatic rings. The fraction of sp³-hybridized carbons (Fsp3) is 0.400. The summed E-state index contributed by atoms with van der Waals surface area (Å²) in [5.41, 5.74) is 0.230. The van der Waals surface area contributed by atoms with Crippen LogP contribution in [-0.2, 0) is 6.54 Å². The Bertz CT molecular complexity index is 222. The number of aromatic nitrogens is 3. The van der Waals surface area contributed by atoms with Crippen LogP contribution in [0.15, 0.2) is 6.20 Å². The number of nitrogens with zero attached hydrogens (tertiary/aromatic N) is 3. The van der Waals surface area contributed by atoms with Gasteiger partial charge >= 0.3 is 0 Å². The monoisotopic (exact) mass is 143 g/mol. The summed E-state index contributed by atoms with van der Waals surface area (Å²) in [6.07, 6.45) is 1.97. The Labute approximate surface area is 56.6 Å². The van der Waals surface area contributed by atoms with Crippen molar-refractivity contribution in [3.63, 3.8) is 0 Å². The number of hydrogen-bond donors (Lipinski definition) is 0. The number of carbonyl (C=O) groups is 1. The first-order valence-electron chi connectivity index (χ1n) is 2.78. The number of aryl methyl sites for hydroxylation is 1. The third-order valence-corrected chi connectivity index (χ3v) is 0.991. The van der Waals surface area contributed by atoms with E-state index in [2.05, 4.69) is 10.3 Å². The van der Waals surface area contributed by atoms with Crippen LogP contribution in [-0.4, -0.2) is 28.0 Å². The maximum Gasteiger partial charge on any atom is 0.171 e. The molecule has 0 N–H and O–H groups in total. The highest BCUT2D eigenvalue weighted by molar-refractivity contribution is 5.70. The second-order valence-electron chi connectivity index (χ2n) is 1.71. The summed E-state index contributed by atoms with van der Waals surface area (Å²) in [7, 11) is 0. The highest BCUT2D eigenvalue weighted by atomic mass is 19.1. The topological polar surface area (TPSA) is 47.8 Å². The largest absolute Gasteiger partial charge is 0.296 e. The molecule has 0 saturated heterocycles. The Hall–Kier alpha value is -1.26. The zero-order valence-electron chi connectivity index (χ0n) is 5.20. The maximum absolute atomic E-state index is 11.6. The van der Waals surface area contributed by atoms with Gasteiger partial charge in [-0.15, -0.1) is 5.10 Å². The van der Waals surface area contributed by atoms with Gasteiger partial charge in [-0.2, -0.15) is 0 Å². The Morgan fingerprint density at radius 1 is 1.80 bits per heavy atom. The minimum Gasteiger partial charge on any atom is -0.296 e. The lowest BCUT2D eigenvalue weighted by atomic mass is 10.5. The molecule has 0 unspecified atom stereocenters. The predicted octanol–water partition coefficient (Wildman–Crippen LogP) is 0.0601. The Kier molecular flexibility index (Phi) is 2.09. The van der Waals surface area contributed by atoms with Crippen molar-refractivity contribution in [1.29, 1.82) is 0 Å². The van der Waals surface area contributed by atoms with Gasteiger partial charge in [-0.3, -0.25) is 4.79 Å². The standard InChI is InChI=1S/C5H6FN3O/c6-1-2-9-3-5(4-10)7-8-9/h3-4H,1-2H2. The van der Waals surface area contributed by atoms with Crippen LogP contribution in [0, 0.1) is 0 Å². The molecule has 0 radical (unpaired) electrons. The first kappa shape index (κ1) is 6.85. The van der Waals surface area contributed by atoms with E-state index in [1.165, 1.54) is 10.9 Å². The van der Waals surface area contributed by atoms with Crippen LogP contribution < -0.4 is 0 Å². The van der Waals surface area contributed by atoms with Crippen LogP contribution in [0.25, 0.3) is 0 Å². The summed E-state index contributed by atoms with van der Waals surface area (Å²) in [6, 6.07) is 0. The summed E-state index contributed by atoms with van der Waals surface area (Å²) in [4.78, 5) is 10.0. The average Bonchev–Trinajstić information content (AvgIpc) is 2.37. The molecule has 1 heterocycles. The minimum atomic E-state index is -0.498. The quantitative estimate of drug-likeness (QED) is 0.562. The summed E-state index contributed by atoms with van der Waals surface area (Å²) in [6.45, 7) is -0.345. The molecule has 5 heteroatoms. The molecule has 0 amide bonds. The van der Waals surface area contributed by atoms with Crippen LogP contribution in [0.4, 0.5) is 4.39 Å². The fourth-order valence-electron chi connectivity index (χ4n) is 0.563. The van der Waals surface area contributed by atoms with E-state index in [9.17, 15) is 9.18 Å². The van der Waals surface area contributed by atoms with E-state index in [1.54, 1.807) is 0 Å². The minimum absolute atomic E-state index is 0.154. The molecule has 1 aromatic heterocycles. The van der Waals surface area contributed by atoms with E-state index in [0.29, 0.717) is 6.29 Å². The highest BCUT2D eigenvalue weighted by Gasteiger charge is 1.96. The first-order chi connectivity index (χ1) is 4.86. The lowest BCUT2D eigenvalue weighted by Crippen LogP contribution is -1.99. The van der Waals surface area contributed by atoms with Gasteiger partial charge in [-0.25, -0.2) is 9.07 Å². The molecule has 1 rings (SSSR count). The smallest absolute Gasteiger partial charge is 0.171 e.